The van der Waals surface area contributed by atoms with Crippen LogP contribution >= 0.6 is 0 Å². The Morgan fingerprint density at radius 1 is 0.944 bits per heavy atom. The van der Waals surface area contributed by atoms with Crippen LogP contribution in [0.5, 0.6) is 5.75 Å². The zero-order valence-corrected chi connectivity index (χ0v) is 24.4. The van der Waals surface area contributed by atoms with E-state index in [1.165, 1.54) is 6.08 Å². The fourth-order valence-corrected chi connectivity index (χ4v) is 4.19. The Balaban J connectivity index is 2.77. The molecule has 36 heavy (non-hydrogen) atoms. The van der Waals surface area contributed by atoms with E-state index in [-0.39, 0.29) is 11.0 Å². The van der Waals surface area contributed by atoms with Gasteiger partial charge in [-0.3, -0.25) is 4.79 Å². The van der Waals surface area contributed by atoms with Gasteiger partial charge in [0.05, 0.1) is 19.8 Å². The Kier molecular flexibility index (Phi) is 14.4. The summed E-state index contributed by atoms with van der Waals surface area (Å²) in [7, 11) is -1.69. The van der Waals surface area contributed by atoms with Gasteiger partial charge in [-0.1, -0.05) is 45.1 Å². The van der Waals surface area contributed by atoms with Crippen molar-refractivity contribution in [2.45, 2.75) is 84.9 Å². The molecule has 0 radical (unpaired) electrons. The van der Waals surface area contributed by atoms with Gasteiger partial charge >= 0.3 is 11.9 Å². The number of carbonyl (C=O) groups excluding carboxylic acids is 2. The number of benzene rings is 1. The molecule has 0 bridgehead atoms. The summed E-state index contributed by atoms with van der Waals surface area (Å²) < 4.78 is 22.2. The average Bonchev–Trinajstić information content (AvgIpc) is 2.80. The number of ether oxygens (including phenoxy) is 3. The molecule has 0 aromatic heterocycles. The molecule has 0 N–H and O–H groups in total. The van der Waals surface area contributed by atoms with Crippen molar-refractivity contribution in [2.75, 3.05) is 26.4 Å². The molecule has 0 aliphatic rings. The number of allylic oxidation sites excluding steroid dienone is 1. The summed E-state index contributed by atoms with van der Waals surface area (Å²) in [6, 6.07) is 5.78. The lowest BCUT2D eigenvalue weighted by molar-refractivity contribution is -0.143. The van der Waals surface area contributed by atoms with Crippen molar-refractivity contribution < 1.29 is 28.2 Å². The second-order valence-corrected chi connectivity index (χ2v) is 14.9. The highest BCUT2D eigenvalue weighted by molar-refractivity contribution is 6.74. The highest BCUT2D eigenvalue weighted by Gasteiger charge is 2.36. The van der Waals surface area contributed by atoms with E-state index in [1.807, 2.05) is 18.2 Å². The molecule has 6 nitrogen and oxygen atoms in total. The van der Waals surface area contributed by atoms with Crippen LogP contribution < -0.4 is 4.74 Å². The van der Waals surface area contributed by atoms with Gasteiger partial charge in [0.1, 0.15) is 5.75 Å². The lowest BCUT2D eigenvalue weighted by atomic mass is 10.0. The SMILES string of the molecule is CCOC(=O)C=Cc1c(C=CCCCCO[Si](C)(C)C(C)(C)C)cccc1OCCCC(=O)OCC. The highest BCUT2D eigenvalue weighted by Crippen LogP contribution is 2.36. The van der Waals surface area contributed by atoms with Crippen LogP contribution in [0.2, 0.25) is 18.1 Å². The van der Waals surface area contributed by atoms with Crippen molar-refractivity contribution in [1.29, 1.82) is 0 Å². The first-order valence-corrected chi connectivity index (χ1v) is 16.0. The third-order valence-electron chi connectivity index (χ3n) is 6.19. The summed E-state index contributed by atoms with van der Waals surface area (Å²) in [5.74, 6) is 0.0329. The third kappa shape index (κ3) is 12.0. The van der Waals surface area contributed by atoms with E-state index in [0.29, 0.717) is 38.4 Å². The van der Waals surface area contributed by atoms with Gasteiger partial charge in [0.15, 0.2) is 8.32 Å². The molecule has 7 heteroatoms. The summed E-state index contributed by atoms with van der Waals surface area (Å²) in [4.78, 5) is 23.5. The molecule has 1 aromatic carbocycles. The van der Waals surface area contributed by atoms with E-state index in [9.17, 15) is 9.59 Å². The molecule has 1 rings (SSSR count). The summed E-state index contributed by atoms with van der Waals surface area (Å²) in [6.07, 6.45) is 11.2. The molecule has 0 unspecified atom stereocenters. The minimum absolute atomic E-state index is 0.227. The standard InChI is InChI=1S/C29H46O6Si/c1-8-32-27(30)19-15-22-34-26-18-14-17-24(25(26)20-21-28(31)33-9-2)16-12-10-11-13-23-35-36(6,7)29(3,4)5/h12,14,16-18,20-21H,8-11,13,15,19,22-23H2,1-7H3. The van der Waals surface area contributed by atoms with E-state index >= 15 is 0 Å². The lowest BCUT2D eigenvalue weighted by Gasteiger charge is -2.36. The van der Waals surface area contributed by atoms with Crippen LogP contribution in [0.25, 0.3) is 12.2 Å². The summed E-state index contributed by atoms with van der Waals surface area (Å²) >= 11 is 0. The molecule has 202 valence electrons. The van der Waals surface area contributed by atoms with Crippen LogP contribution in [0.4, 0.5) is 0 Å². The Labute approximate surface area is 219 Å². The van der Waals surface area contributed by atoms with Crippen LogP contribution in [0.1, 0.15) is 77.8 Å². The summed E-state index contributed by atoms with van der Waals surface area (Å²) in [5, 5.41) is 0.228. The quantitative estimate of drug-likeness (QED) is 0.0998. The van der Waals surface area contributed by atoms with Gasteiger partial charge in [0, 0.05) is 24.7 Å². The van der Waals surface area contributed by atoms with E-state index in [4.69, 9.17) is 18.6 Å². The average molecular weight is 519 g/mol. The predicted octanol–water partition coefficient (Wildman–Crippen LogP) is 7.19. The number of unbranched alkanes of at least 4 members (excludes halogenated alkanes) is 2. The first-order chi connectivity index (χ1) is 17.0. The monoisotopic (exact) mass is 518 g/mol. The lowest BCUT2D eigenvalue weighted by Crippen LogP contribution is -2.40. The van der Waals surface area contributed by atoms with Crippen LogP contribution in [-0.4, -0.2) is 46.7 Å². The van der Waals surface area contributed by atoms with Crippen molar-refractivity contribution in [3.63, 3.8) is 0 Å². The maximum atomic E-state index is 11.9. The van der Waals surface area contributed by atoms with Crippen LogP contribution in [0, 0.1) is 0 Å². The molecule has 1 aromatic rings. The number of esters is 2. The first kappa shape index (κ1) is 31.6. The van der Waals surface area contributed by atoms with Gasteiger partial charge in [-0.15, -0.1) is 0 Å². The molecular formula is C29H46O6Si. The van der Waals surface area contributed by atoms with Gasteiger partial charge in [0.2, 0.25) is 0 Å². The second kappa shape index (κ2) is 16.4. The Morgan fingerprint density at radius 3 is 2.33 bits per heavy atom. The van der Waals surface area contributed by atoms with Crippen molar-refractivity contribution in [2.24, 2.45) is 0 Å². The van der Waals surface area contributed by atoms with Gasteiger partial charge in [-0.2, -0.15) is 0 Å². The second-order valence-electron chi connectivity index (χ2n) is 10.1. The zero-order chi connectivity index (χ0) is 27.0. The van der Waals surface area contributed by atoms with Gasteiger partial charge in [-0.05, 0) is 75.4 Å². The van der Waals surface area contributed by atoms with Gasteiger partial charge in [-0.25, -0.2) is 4.79 Å². The van der Waals surface area contributed by atoms with Crippen LogP contribution in [0.15, 0.2) is 30.4 Å². The number of rotatable bonds is 16. The molecule has 0 saturated carbocycles. The van der Waals surface area contributed by atoms with Crippen molar-refractivity contribution in [3.05, 3.63) is 41.5 Å². The van der Waals surface area contributed by atoms with Gasteiger partial charge < -0.3 is 18.6 Å². The fraction of sp³-hybridized carbons (Fsp3) is 0.586. The predicted molar refractivity (Wildman–Crippen MR) is 150 cm³/mol. The third-order valence-corrected chi connectivity index (χ3v) is 10.7. The van der Waals surface area contributed by atoms with Crippen LogP contribution in [-0.2, 0) is 23.5 Å². The fourth-order valence-electron chi connectivity index (χ4n) is 3.10. The Hall–Kier alpha value is -2.38. The Bertz CT molecular complexity index is 867. The molecule has 0 saturated heterocycles. The van der Waals surface area contributed by atoms with Crippen LogP contribution in [0.3, 0.4) is 0 Å². The normalized spacial score (nSPS) is 12.3. The maximum absolute atomic E-state index is 11.9. The molecule has 0 amide bonds. The number of hydrogen-bond donors (Lipinski definition) is 0. The van der Waals surface area contributed by atoms with E-state index in [1.54, 1.807) is 19.9 Å². The summed E-state index contributed by atoms with van der Waals surface area (Å²) in [6.45, 7) is 16.8. The molecule has 0 heterocycles. The van der Waals surface area contributed by atoms with E-state index < -0.39 is 14.3 Å². The van der Waals surface area contributed by atoms with Crippen molar-refractivity contribution in [3.8, 4) is 5.75 Å². The minimum atomic E-state index is -1.69. The molecule has 0 spiro atoms. The molecule has 0 aliphatic carbocycles. The van der Waals surface area contributed by atoms with E-state index in [0.717, 1.165) is 37.0 Å². The first-order valence-electron chi connectivity index (χ1n) is 13.1. The largest absolute Gasteiger partial charge is 0.493 e. The summed E-state index contributed by atoms with van der Waals surface area (Å²) in [5.41, 5.74) is 1.76. The topological polar surface area (TPSA) is 71.1 Å². The number of hydrogen-bond acceptors (Lipinski definition) is 6. The van der Waals surface area contributed by atoms with Crippen molar-refractivity contribution in [1.82, 2.24) is 0 Å². The highest BCUT2D eigenvalue weighted by atomic mass is 28.4. The van der Waals surface area contributed by atoms with E-state index in [2.05, 4.69) is 46.0 Å². The zero-order valence-electron chi connectivity index (χ0n) is 23.4. The smallest absolute Gasteiger partial charge is 0.330 e. The van der Waals surface area contributed by atoms with Gasteiger partial charge in [0.25, 0.3) is 0 Å². The molecular weight excluding hydrogens is 472 g/mol. The maximum Gasteiger partial charge on any atom is 0.330 e. The molecule has 0 fully saturated rings. The minimum Gasteiger partial charge on any atom is -0.493 e. The van der Waals surface area contributed by atoms with Crippen molar-refractivity contribution >= 4 is 32.4 Å². The Morgan fingerprint density at radius 2 is 1.67 bits per heavy atom. The number of carbonyl (C=O) groups is 2. The molecule has 0 atom stereocenters. The molecule has 0 aliphatic heterocycles.